The van der Waals surface area contributed by atoms with Crippen molar-refractivity contribution in [3.05, 3.63) is 199 Å². The van der Waals surface area contributed by atoms with Crippen LogP contribution in [0.15, 0.2) is 174 Å². The molecule has 0 fully saturated rings. The first-order valence-electron chi connectivity index (χ1n) is 18.4. The van der Waals surface area contributed by atoms with E-state index in [4.69, 9.17) is 4.42 Å². The average Bonchev–Trinajstić information content (AvgIpc) is 3.71. The van der Waals surface area contributed by atoms with E-state index in [1.165, 1.54) is 49.9 Å². The highest BCUT2D eigenvalue weighted by molar-refractivity contribution is 6.16. The Morgan fingerprint density at radius 3 is 2.08 bits per heavy atom. The van der Waals surface area contributed by atoms with Crippen LogP contribution < -0.4 is 4.90 Å². The SMILES string of the molecule is CC1(C)c2ccccc2-c2c1cc(C1=CC=CC(N(c3ccc(-c4cc#ccc4)cc3)c3ccc(-c4ccccc4)cc3)C1)c1c2oc2ccccc21. The van der Waals surface area contributed by atoms with E-state index in [9.17, 15) is 0 Å². The number of fused-ring (bicyclic) bond motifs is 7. The van der Waals surface area contributed by atoms with Gasteiger partial charge in [-0.2, -0.15) is 0 Å². The minimum atomic E-state index is -0.152. The van der Waals surface area contributed by atoms with Crippen molar-refractivity contribution in [3.63, 3.8) is 0 Å². The summed E-state index contributed by atoms with van der Waals surface area (Å²) in [5, 5.41) is 2.36. The smallest absolute Gasteiger partial charge is 0.144 e. The second-order valence-electron chi connectivity index (χ2n) is 14.7. The number of allylic oxidation sites excluding steroid dienone is 2. The average molecular weight is 680 g/mol. The zero-order valence-corrected chi connectivity index (χ0v) is 29.8. The molecule has 1 unspecified atom stereocenters. The van der Waals surface area contributed by atoms with Gasteiger partial charge < -0.3 is 9.32 Å². The Kier molecular flexibility index (Phi) is 7.24. The lowest BCUT2D eigenvalue weighted by Crippen LogP contribution is -2.30. The normalized spacial score (nSPS) is 15.5. The zero-order valence-electron chi connectivity index (χ0n) is 29.8. The van der Waals surface area contributed by atoms with Crippen molar-refractivity contribution in [3.8, 4) is 33.4 Å². The Morgan fingerprint density at radius 2 is 1.32 bits per heavy atom. The van der Waals surface area contributed by atoms with Gasteiger partial charge in [-0.15, -0.1) is 0 Å². The third-order valence-electron chi connectivity index (χ3n) is 11.3. The van der Waals surface area contributed by atoms with Gasteiger partial charge in [-0.3, -0.25) is 0 Å². The fourth-order valence-corrected chi connectivity index (χ4v) is 8.66. The van der Waals surface area contributed by atoms with E-state index in [1.807, 2.05) is 12.1 Å². The summed E-state index contributed by atoms with van der Waals surface area (Å²) in [6.45, 7) is 4.70. The molecule has 0 saturated heterocycles. The quantitative estimate of drug-likeness (QED) is 0.174. The molecule has 2 nitrogen and oxygen atoms in total. The summed E-state index contributed by atoms with van der Waals surface area (Å²) in [5.74, 6) is 0. The highest BCUT2D eigenvalue weighted by atomic mass is 16.3. The van der Waals surface area contributed by atoms with Gasteiger partial charge in [0.2, 0.25) is 0 Å². The van der Waals surface area contributed by atoms with Crippen LogP contribution in [0.1, 0.15) is 37.0 Å². The van der Waals surface area contributed by atoms with E-state index in [1.54, 1.807) is 0 Å². The molecule has 1 atom stereocenters. The van der Waals surface area contributed by atoms with Crippen LogP contribution >= 0.6 is 0 Å². The van der Waals surface area contributed by atoms with Gasteiger partial charge in [-0.25, -0.2) is 0 Å². The zero-order chi connectivity index (χ0) is 35.5. The van der Waals surface area contributed by atoms with Crippen molar-refractivity contribution in [2.24, 2.45) is 0 Å². The van der Waals surface area contributed by atoms with Crippen molar-refractivity contribution in [2.75, 3.05) is 4.90 Å². The molecule has 1 aromatic heterocycles. The largest absolute Gasteiger partial charge is 0.455 e. The fourth-order valence-electron chi connectivity index (χ4n) is 8.66. The Hall–Kier alpha value is -6.56. The number of benzene rings is 6. The molecule has 2 aliphatic rings. The van der Waals surface area contributed by atoms with Crippen LogP contribution in [0.4, 0.5) is 11.4 Å². The summed E-state index contributed by atoms with van der Waals surface area (Å²) in [6, 6.07) is 60.6. The number of anilines is 2. The van der Waals surface area contributed by atoms with Crippen LogP contribution in [0.5, 0.6) is 0 Å². The van der Waals surface area contributed by atoms with Gasteiger partial charge in [-0.05, 0) is 111 Å². The molecule has 2 heteroatoms. The predicted octanol–water partition coefficient (Wildman–Crippen LogP) is 13.4. The van der Waals surface area contributed by atoms with Crippen LogP contribution in [0.2, 0.25) is 0 Å². The number of hydrogen-bond donors (Lipinski definition) is 0. The number of rotatable bonds is 6. The van der Waals surface area contributed by atoms with E-state index in [-0.39, 0.29) is 11.5 Å². The molecule has 0 saturated carbocycles. The van der Waals surface area contributed by atoms with Crippen LogP contribution in [0, 0.1) is 12.1 Å². The molecule has 252 valence electrons. The number of nitrogens with zero attached hydrogens (tertiary/aromatic N) is 1. The van der Waals surface area contributed by atoms with Gasteiger partial charge in [0.15, 0.2) is 0 Å². The highest BCUT2D eigenvalue weighted by Crippen LogP contribution is 2.54. The molecule has 7 aromatic carbocycles. The second-order valence-corrected chi connectivity index (χ2v) is 14.7. The minimum Gasteiger partial charge on any atom is -0.455 e. The number of hydrogen-bond acceptors (Lipinski definition) is 2. The van der Waals surface area contributed by atoms with E-state index in [0.29, 0.717) is 0 Å². The van der Waals surface area contributed by atoms with Crippen molar-refractivity contribution in [1.29, 1.82) is 0 Å². The van der Waals surface area contributed by atoms with E-state index < -0.39 is 0 Å². The number of furan rings is 1. The van der Waals surface area contributed by atoms with Crippen molar-refractivity contribution >= 4 is 38.9 Å². The Labute approximate surface area is 311 Å². The van der Waals surface area contributed by atoms with Crippen molar-refractivity contribution in [1.82, 2.24) is 0 Å². The van der Waals surface area contributed by atoms with E-state index in [0.717, 1.165) is 45.5 Å². The van der Waals surface area contributed by atoms with Crippen molar-refractivity contribution in [2.45, 2.75) is 31.7 Å². The fraction of sp³-hybridized carbons (Fsp3) is 0.0980. The standard InChI is InChI=1S/C51H37NO/c1-51(2)45-22-11-9-20-42(45)49-46(51)33-44(48-43-21-10-12-23-47(43)53-50(48)49)38-18-13-19-41(32-38)52(39-28-24-36(25-29-39)34-14-5-3-6-15-34)40-30-26-37(27-31-40)35-16-7-4-8-17-35/h3,5-7,9-31,33,41H,32H2,1-2H3. The second kappa shape index (κ2) is 12.3. The molecule has 0 spiro atoms. The molecule has 0 bridgehead atoms. The Morgan fingerprint density at radius 1 is 0.642 bits per heavy atom. The van der Waals surface area contributed by atoms with Gasteiger partial charge in [0.25, 0.3) is 0 Å². The molecule has 0 radical (unpaired) electrons. The van der Waals surface area contributed by atoms with Crippen molar-refractivity contribution < 1.29 is 4.42 Å². The molecular formula is C51H37NO. The Balaban J connectivity index is 1.10. The third kappa shape index (κ3) is 5.12. The first kappa shape index (κ1) is 31.2. The summed E-state index contributed by atoms with van der Waals surface area (Å²) < 4.78 is 6.83. The lowest BCUT2D eigenvalue weighted by molar-refractivity contribution is 0.653. The predicted molar refractivity (Wildman–Crippen MR) is 220 cm³/mol. The van der Waals surface area contributed by atoms with E-state index >= 15 is 0 Å². The van der Waals surface area contributed by atoms with Gasteiger partial charge in [-0.1, -0.05) is 141 Å². The molecule has 0 aliphatic heterocycles. The maximum absolute atomic E-state index is 6.83. The van der Waals surface area contributed by atoms with Crippen LogP contribution in [0.25, 0.3) is 60.9 Å². The first-order chi connectivity index (χ1) is 26.0. The lowest BCUT2D eigenvalue weighted by atomic mass is 9.80. The summed E-state index contributed by atoms with van der Waals surface area (Å²) in [6.07, 6.45) is 7.75. The maximum Gasteiger partial charge on any atom is 0.144 e. The Bertz CT molecular complexity index is 2610. The van der Waals surface area contributed by atoms with Crippen LogP contribution in [0.3, 0.4) is 0 Å². The molecule has 0 N–H and O–H groups in total. The molecule has 53 heavy (non-hydrogen) atoms. The molecule has 0 amide bonds. The minimum absolute atomic E-state index is 0.0785. The summed E-state index contributed by atoms with van der Waals surface area (Å²) in [7, 11) is 0. The van der Waals surface area contributed by atoms with Gasteiger partial charge in [0, 0.05) is 33.1 Å². The molecule has 10 rings (SSSR count). The number of para-hydroxylation sites is 1. The monoisotopic (exact) mass is 679 g/mol. The first-order valence-corrected chi connectivity index (χ1v) is 18.4. The molecule has 2 aliphatic carbocycles. The van der Waals surface area contributed by atoms with Gasteiger partial charge in [0.1, 0.15) is 11.2 Å². The molecule has 8 aromatic rings. The van der Waals surface area contributed by atoms with E-state index in [2.05, 4.69) is 189 Å². The summed E-state index contributed by atoms with van der Waals surface area (Å²) >= 11 is 0. The summed E-state index contributed by atoms with van der Waals surface area (Å²) in [4.78, 5) is 2.49. The topological polar surface area (TPSA) is 16.4 Å². The summed E-state index contributed by atoms with van der Waals surface area (Å²) in [5.41, 5.74) is 16.5. The van der Waals surface area contributed by atoms with Crippen LogP contribution in [-0.2, 0) is 5.41 Å². The van der Waals surface area contributed by atoms with Gasteiger partial charge in [0.05, 0.1) is 6.04 Å². The molecular weight excluding hydrogens is 643 g/mol. The lowest BCUT2D eigenvalue weighted by Gasteiger charge is -2.34. The van der Waals surface area contributed by atoms with Crippen LogP contribution in [-0.4, -0.2) is 6.04 Å². The van der Waals surface area contributed by atoms with Gasteiger partial charge >= 0.3 is 0 Å². The third-order valence-corrected chi connectivity index (χ3v) is 11.3. The highest BCUT2D eigenvalue weighted by Gasteiger charge is 2.39. The molecule has 1 heterocycles. The maximum atomic E-state index is 6.83.